The number of nitrogens with one attached hydrogen (secondary N) is 1. The predicted octanol–water partition coefficient (Wildman–Crippen LogP) is 5.84. The van der Waals surface area contributed by atoms with Gasteiger partial charge in [-0.3, -0.25) is 9.71 Å². The molecule has 5 aromatic rings. The number of hydrogen-bond acceptors (Lipinski definition) is 6. The lowest BCUT2D eigenvalue weighted by molar-refractivity contribution is 0.416. The van der Waals surface area contributed by atoms with Crippen LogP contribution in [-0.4, -0.2) is 25.7 Å². The molecule has 10 heteroatoms. The summed E-state index contributed by atoms with van der Waals surface area (Å²) in [5, 5.41) is 1.52. The highest BCUT2D eigenvalue weighted by Gasteiger charge is 2.18. The molecule has 0 aliphatic rings. The third-order valence-electron chi connectivity index (χ3n) is 5.17. The largest absolute Gasteiger partial charge is 0.496 e. The molecule has 1 atom stereocenters. The molecular weight excluding hydrogens is 478 g/mol. The number of rotatable bonds is 6. The molecule has 170 valence electrons. The van der Waals surface area contributed by atoms with Crippen LogP contribution in [0.5, 0.6) is 5.75 Å². The zero-order chi connectivity index (χ0) is 23.7. The van der Waals surface area contributed by atoms with Crippen molar-refractivity contribution >= 4 is 38.4 Å². The first-order valence-corrected chi connectivity index (χ1v) is 11.9. The Balaban J connectivity index is 1.57. The number of ether oxygens (including phenoxy) is 1. The summed E-state index contributed by atoms with van der Waals surface area (Å²) >= 11 is 1.03. The number of anilines is 1. The third-order valence-corrected chi connectivity index (χ3v) is 6.97. The second kappa shape index (κ2) is 9.24. The third kappa shape index (κ3) is 4.25. The van der Waals surface area contributed by atoms with Crippen molar-refractivity contribution in [1.29, 1.82) is 0 Å². The van der Waals surface area contributed by atoms with Crippen LogP contribution in [-0.2, 0) is 11.0 Å². The van der Waals surface area contributed by atoms with Gasteiger partial charge in [-0.05, 0) is 59.0 Å². The summed E-state index contributed by atoms with van der Waals surface area (Å²) in [6.45, 7) is 0. The lowest BCUT2D eigenvalue weighted by Crippen LogP contribution is -2.06. The Bertz CT molecular complexity index is 1530. The molecule has 34 heavy (non-hydrogen) atoms. The van der Waals surface area contributed by atoms with Gasteiger partial charge in [0.05, 0.1) is 17.7 Å². The van der Waals surface area contributed by atoms with Crippen molar-refractivity contribution in [2.75, 3.05) is 11.8 Å². The van der Waals surface area contributed by atoms with Crippen molar-refractivity contribution < 1.29 is 17.7 Å². The van der Waals surface area contributed by atoms with Gasteiger partial charge in [0.1, 0.15) is 23.7 Å². The van der Waals surface area contributed by atoms with Crippen molar-refractivity contribution in [1.82, 2.24) is 14.3 Å². The lowest BCUT2D eigenvalue weighted by Gasteiger charge is -2.13. The van der Waals surface area contributed by atoms with Crippen molar-refractivity contribution in [2.24, 2.45) is 0 Å². The van der Waals surface area contributed by atoms with Gasteiger partial charge in [-0.15, -0.1) is 0 Å². The van der Waals surface area contributed by atoms with E-state index in [-0.39, 0.29) is 10.7 Å². The smallest absolute Gasteiger partial charge is 0.214 e. The molecule has 0 radical (unpaired) electrons. The summed E-state index contributed by atoms with van der Waals surface area (Å²) in [5.74, 6) is -0.472. The van der Waals surface area contributed by atoms with E-state index in [9.17, 15) is 8.60 Å². The van der Waals surface area contributed by atoms with E-state index in [1.807, 2.05) is 12.1 Å². The van der Waals surface area contributed by atoms with Gasteiger partial charge in [-0.25, -0.2) is 18.0 Å². The molecule has 3 aromatic carbocycles. The number of pyridine rings is 1. The topological polar surface area (TPSA) is 77.0 Å². The summed E-state index contributed by atoms with van der Waals surface area (Å²) in [6.07, 6.45) is 2.92. The molecule has 0 bridgehead atoms. The van der Waals surface area contributed by atoms with Crippen molar-refractivity contribution in [2.45, 2.75) is 4.90 Å². The number of benzene rings is 3. The fourth-order valence-electron chi connectivity index (χ4n) is 3.62. The van der Waals surface area contributed by atoms with E-state index in [1.165, 1.54) is 37.7 Å². The highest BCUT2D eigenvalue weighted by atomic mass is 32.2. The fourth-order valence-corrected chi connectivity index (χ4v) is 5.07. The Kier molecular flexibility index (Phi) is 5.99. The van der Waals surface area contributed by atoms with Crippen LogP contribution in [0.4, 0.5) is 13.9 Å². The van der Waals surface area contributed by atoms with Crippen LogP contribution in [0.25, 0.3) is 33.2 Å². The van der Waals surface area contributed by atoms with E-state index in [2.05, 4.69) is 19.1 Å². The normalized spacial score (nSPS) is 12.0. The van der Waals surface area contributed by atoms with E-state index < -0.39 is 16.8 Å². The molecule has 5 rings (SSSR count). The maximum atomic E-state index is 15.0. The molecule has 6 nitrogen and oxygen atoms in total. The Morgan fingerprint density at radius 1 is 1.00 bits per heavy atom. The standard InChI is InChI=1S/C24H16F2N4O2S2/c1-32-21-10-15(14-3-2-4-17(25)9-14)5-6-18(21)23-19-12-20(26)22(11-16(19)7-8-27-23)34(31)30-24-28-13-29-33-24/h2-13H,1H3,(H,28,29,30). The maximum Gasteiger partial charge on any atom is 0.214 e. The van der Waals surface area contributed by atoms with Crippen LogP contribution in [0, 0.1) is 11.6 Å². The fraction of sp³-hybridized carbons (Fsp3) is 0.0417. The molecule has 0 saturated heterocycles. The summed E-state index contributed by atoms with van der Waals surface area (Å²) < 4.78 is 53.5. The predicted molar refractivity (Wildman–Crippen MR) is 129 cm³/mol. The molecule has 1 N–H and O–H groups in total. The van der Waals surface area contributed by atoms with Crippen molar-refractivity contribution in [3.05, 3.63) is 84.8 Å². The average Bonchev–Trinajstić information content (AvgIpc) is 3.36. The van der Waals surface area contributed by atoms with Gasteiger partial charge >= 0.3 is 0 Å². The van der Waals surface area contributed by atoms with E-state index in [0.29, 0.717) is 38.5 Å². The van der Waals surface area contributed by atoms with Gasteiger partial charge in [-0.1, -0.05) is 18.2 Å². The van der Waals surface area contributed by atoms with Crippen molar-refractivity contribution in [3.8, 4) is 28.1 Å². The first-order valence-electron chi connectivity index (χ1n) is 10.0. The molecule has 2 heterocycles. The Labute approximate surface area is 200 Å². The summed E-state index contributed by atoms with van der Waals surface area (Å²) in [6, 6.07) is 16.3. The average molecular weight is 495 g/mol. The van der Waals surface area contributed by atoms with Gasteiger partial charge in [-0.2, -0.15) is 4.37 Å². The van der Waals surface area contributed by atoms with Gasteiger partial charge in [0.15, 0.2) is 11.0 Å². The maximum absolute atomic E-state index is 15.0. The number of hydrogen-bond donors (Lipinski definition) is 1. The first-order chi connectivity index (χ1) is 16.5. The van der Waals surface area contributed by atoms with E-state index in [1.54, 1.807) is 30.5 Å². The quantitative estimate of drug-likeness (QED) is 0.321. The monoisotopic (exact) mass is 494 g/mol. The molecule has 2 aromatic heterocycles. The van der Waals surface area contributed by atoms with Gasteiger partial charge in [0.2, 0.25) is 5.13 Å². The second-order valence-electron chi connectivity index (χ2n) is 7.21. The highest BCUT2D eigenvalue weighted by molar-refractivity contribution is 7.86. The Hall–Kier alpha value is -3.76. The number of aromatic nitrogens is 3. The highest BCUT2D eigenvalue weighted by Crippen LogP contribution is 2.37. The molecule has 0 saturated carbocycles. The van der Waals surface area contributed by atoms with Crippen LogP contribution in [0.2, 0.25) is 0 Å². The second-order valence-corrected chi connectivity index (χ2v) is 9.17. The molecule has 0 aliphatic carbocycles. The minimum Gasteiger partial charge on any atom is -0.496 e. The molecule has 0 amide bonds. The minimum atomic E-state index is -1.86. The number of halogens is 2. The Morgan fingerprint density at radius 2 is 1.85 bits per heavy atom. The van der Waals surface area contributed by atoms with E-state index >= 15 is 4.39 Å². The molecular formula is C24H16F2N4O2S2. The van der Waals surface area contributed by atoms with E-state index in [4.69, 9.17) is 4.74 Å². The van der Waals surface area contributed by atoms with Crippen LogP contribution in [0.3, 0.4) is 0 Å². The summed E-state index contributed by atoms with van der Waals surface area (Å²) in [5.41, 5.74) is 2.63. The molecule has 0 fully saturated rings. The van der Waals surface area contributed by atoms with Crippen LogP contribution in [0.1, 0.15) is 0 Å². The lowest BCUT2D eigenvalue weighted by atomic mass is 9.99. The molecule has 0 aliphatic heterocycles. The van der Waals surface area contributed by atoms with Gasteiger partial charge in [0.25, 0.3) is 0 Å². The minimum absolute atomic E-state index is 0.00623. The van der Waals surface area contributed by atoms with Gasteiger partial charge in [0, 0.05) is 28.7 Å². The molecule has 1 unspecified atom stereocenters. The summed E-state index contributed by atoms with van der Waals surface area (Å²) in [7, 11) is -0.329. The van der Waals surface area contributed by atoms with E-state index in [0.717, 1.165) is 17.1 Å². The number of nitrogens with zero attached hydrogens (tertiary/aromatic N) is 3. The number of methoxy groups -OCH3 is 1. The SMILES string of the molecule is COc1cc(-c2cccc(F)c2)ccc1-c1nccc2cc(S(=O)Nc3ncns3)c(F)cc12. The first kappa shape index (κ1) is 22.1. The van der Waals surface area contributed by atoms with Crippen LogP contribution < -0.4 is 9.46 Å². The van der Waals surface area contributed by atoms with Crippen molar-refractivity contribution in [3.63, 3.8) is 0 Å². The van der Waals surface area contributed by atoms with Gasteiger partial charge < -0.3 is 4.74 Å². The summed E-state index contributed by atoms with van der Waals surface area (Å²) in [4.78, 5) is 8.37. The number of fused-ring (bicyclic) bond motifs is 1. The zero-order valence-corrected chi connectivity index (χ0v) is 19.3. The Morgan fingerprint density at radius 3 is 2.62 bits per heavy atom. The zero-order valence-electron chi connectivity index (χ0n) is 17.7. The van der Waals surface area contributed by atoms with Crippen LogP contribution >= 0.6 is 11.5 Å². The molecule has 0 spiro atoms. The van der Waals surface area contributed by atoms with Crippen LogP contribution in [0.15, 0.2) is 78.1 Å².